The second kappa shape index (κ2) is 13.8. The van der Waals surface area contributed by atoms with Gasteiger partial charge in [-0.05, 0) is 90.5 Å². The molecule has 0 fully saturated rings. The van der Waals surface area contributed by atoms with Crippen LogP contribution in [0.2, 0.25) is 0 Å². The lowest BCUT2D eigenvalue weighted by Crippen LogP contribution is -2.28. The van der Waals surface area contributed by atoms with Crippen molar-refractivity contribution in [2.75, 3.05) is 4.90 Å². The molecule has 3 aliphatic rings. The van der Waals surface area contributed by atoms with Crippen molar-refractivity contribution < 1.29 is 0 Å². The molecule has 3 aliphatic carbocycles. The maximum absolute atomic E-state index is 2.60. The summed E-state index contributed by atoms with van der Waals surface area (Å²) in [5.74, 6) is 0. The number of para-hydroxylation sites is 1. The molecule has 13 rings (SSSR count). The lowest BCUT2D eigenvalue weighted by molar-refractivity contribution is 0.768. The maximum Gasteiger partial charge on any atom is 0.0726 e. The molecule has 0 aromatic heterocycles. The van der Waals surface area contributed by atoms with E-state index in [9.17, 15) is 0 Å². The minimum absolute atomic E-state index is 0.471. The van der Waals surface area contributed by atoms with Gasteiger partial charge in [-0.25, -0.2) is 0 Å². The highest BCUT2D eigenvalue weighted by molar-refractivity contribution is 6.05. The molecular weight excluding hydrogens is 759 g/mol. The number of anilines is 3. The molecule has 0 N–H and O–H groups in total. The second-order valence-corrected chi connectivity index (χ2v) is 17.0. The van der Waals surface area contributed by atoms with Crippen LogP contribution in [-0.4, -0.2) is 0 Å². The van der Waals surface area contributed by atoms with Crippen molar-refractivity contribution in [1.82, 2.24) is 0 Å². The summed E-state index contributed by atoms with van der Waals surface area (Å²) in [5.41, 5.74) is 22.9. The van der Waals surface area contributed by atoms with Crippen molar-refractivity contribution in [2.45, 2.75) is 10.8 Å². The molecule has 0 atom stereocenters. The fourth-order valence-corrected chi connectivity index (χ4v) is 11.9. The van der Waals surface area contributed by atoms with Gasteiger partial charge in [-0.1, -0.05) is 231 Å². The summed E-state index contributed by atoms with van der Waals surface area (Å²) in [7, 11) is 0. The lowest BCUT2D eigenvalue weighted by atomic mass is 9.68. The van der Waals surface area contributed by atoms with Crippen LogP contribution in [0.3, 0.4) is 0 Å². The summed E-state index contributed by atoms with van der Waals surface area (Å²) in [6.45, 7) is 0. The molecule has 0 radical (unpaired) electrons. The van der Waals surface area contributed by atoms with E-state index < -0.39 is 10.8 Å². The van der Waals surface area contributed by atoms with E-state index in [-0.39, 0.29) is 0 Å². The first-order chi connectivity index (χ1) is 31.3. The standard InChI is InChI=1S/C62H41N/c1-4-22-42(23-5-1)45-28-14-19-39-56(45)63(57-40-20-37-54-59(57)48-31-12-17-35-52(48)61(54,43-24-6-2-7-25-43)44-26-8-3-9-27-44)58-41-21-38-55-60(58)49-32-13-18-36-53(49)62(55)50-33-15-10-29-46(50)47-30-11-16-34-51(47)62/h1-41H. The van der Waals surface area contributed by atoms with E-state index in [1.54, 1.807) is 0 Å². The molecular formula is C62H41N. The normalized spacial score (nSPS) is 14.0. The molecule has 1 nitrogen and oxygen atoms in total. The fraction of sp³-hybridized carbons (Fsp3) is 0.0323. The monoisotopic (exact) mass is 799 g/mol. The van der Waals surface area contributed by atoms with Crippen LogP contribution >= 0.6 is 0 Å². The van der Waals surface area contributed by atoms with Crippen molar-refractivity contribution >= 4 is 17.1 Å². The highest BCUT2D eigenvalue weighted by Gasteiger charge is 2.53. The van der Waals surface area contributed by atoms with Crippen LogP contribution in [0.4, 0.5) is 17.1 Å². The summed E-state index contributed by atoms with van der Waals surface area (Å²) in [6, 6.07) is 92.7. The maximum atomic E-state index is 2.60. The molecule has 0 unspecified atom stereocenters. The molecule has 1 spiro atoms. The van der Waals surface area contributed by atoms with E-state index in [0.717, 1.165) is 17.1 Å². The number of nitrogens with zero attached hydrogens (tertiary/aromatic N) is 1. The first kappa shape index (κ1) is 35.7. The third kappa shape index (κ3) is 4.77. The summed E-state index contributed by atoms with van der Waals surface area (Å²) in [6.07, 6.45) is 0. The average Bonchev–Trinajstić information content (AvgIpc) is 3.96. The van der Waals surface area contributed by atoms with Crippen molar-refractivity contribution in [1.29, 1.82) is 0 Å². The van der Waals surface area contributed by atoms with Gasteiger partial charge >= 0.3 is 0 Å². The molecule has 10 aromatic rings. The van der Waals surface area contributed by atoms with Crippen LogP contribution in [0.25, 0.3) is 44.5 Å². The van der Waals surface area contributed by atoms with E-state index in [1.165, 1.54) is 89.0 Å². The zero-order chi connectivity index (χ0) is 41.5. The molecule has 63 heavy (non-hydrogen) atoms. The number of fused-ring (bicyclic) bond motifs is 13. The van der Waals surface area contributed by atoms with Gasteiger partial charge < -0.3 is 4.90 Å². The predicted molar refractivity (Wildman–Crippen MR) is 260 cm³/mol. The van der Waals surface area contributed by atoms with Crippen molar-refractivity contribution in [2.24, 2.45) is 0 Å². The quantitative estimate of drug-likeness (QED) is 0.162. The van der Waals surface area contributed by atoms with Gasteiger partial charge in [0.25, 0.3) is 0 Å². The van der Waals surface area contributed by atoms with Crippen molar-refractivity contribution in [3.63, 3.8) is 0 Å². The Morgan fingerprint density at radius 2 is 0.556 bits per heavy atom. The minimum Gasteiger partial charge on any atom is -0.309 e. The summed E-state index contributed by atoms with van der Waals surface area (Å²) in [5, 5.41) is 0. The number of hydrogen-bond acceptors (Lipinski definition) is 1. The van der Waals surface area contributed by atoms with Gasteiger partial charge in [-0.3, -0.25) is 0 Å². The van der Waals surface area contributed by atoms with Gasteiger partial charge in [0.2, 0.25) is 0 Å². The molecule has 0 saturated heterocycles. The van der Waals surface area contributed by atoms with Crippen LogP contribution in [0.5, 0.6) is 0 Å². The Hall–Kier alpha value is -8.00. The summed E-state index contributed by atoms with van der Waals surface area (Å²) < 4.78 is 0. The number of benzene rings is 10. The van der Waals surface area contributed by atoms with Crippen LogP contribution < -0.4 is 4.90 Å². The SMILES string of the molecule is c1ccc(-c2ccccc2N(c2cccc3c2-c2ccccc2C3(c2ccccc2)c2ccccc2)c2cccc3c2-c2ccccc2C32c3ccccc3-c3ccccc32)cc1. The van der Waals surface area contributed by atoms with Crippen LogP contribution in [0.15, 0.2) is 249 Å². The Labute approximate surface area is 368 Å². The zero-order valence-electron chi connectivity index (χ0n) is 34.6. The predicted octanol–water partition coefficient (Wildman–Crippen LogP) is 15.5. The van der Waals surface area contributed by atoms with E-state index in [0.29, 0.717) is 0 Å². The highest BCUT2D eigenvalue weighted by Crippen LogP contribution is 2.66. The highest BCUT2D eigenvalue weighted by atomic mass is 15.2. The van der Waals surface area contributed by atoms with Crippen molar-refractivity contribution in [3.8, 4) is 44.5 Å². The molecule has 0 heterocycles. The molecule has 294 valence electrons. The fourth-order valence-electron chi connectivity index (χ4n) is 11.9. The molecule has 0 saturated carbocycles. The first-order valence-corrected chi connectivity index (χ1v) is 22.0. The third-order valence-electron chi connectivity index (χ3n) is 14.2. The number of rotatable bonds is 6. The molecule has 0 bridgehead atoms. The summed E-state index contributed by atoms with van der Waals surface area (Å²) in [4.78, 5) is 2.60. The van der Waals surface area contributed by atoms with E-state index >= 15 is 0 Å². The third-order valence-corrected chi connectivity index (χ3v) is 14.2. The van der Waals surface area contributed by atoms with Gasteiger partial charge in [0.15, 0.2) is 0 Å². The Morgan fingerprint density at radius 1 is 0.222 bits per heavy atom. The topological polar surface area (TPSA) is 3.24 Å². The largest absolute Gasteiger partial charge is 0.309 e. The van der Waals surface area contributed by atoms with Gasteiger partial charge in [-0.15, -0.1) is 0 Å². The molecule has 1 heteroatoms. The average molecular weight is 800 g/mol. The second-order valence-electron chi connectivity index (χ2n) is 17.0. The van der Waals surface area contributed by atoms with Gasteiger partial charge in [0, 0.05) is 16.7 Å². The van der Waals surface area contributed by atoms with Gasteiger partial charge in [-0.2, -0.15) is 0 Å². The Morgan fingerprint density at radius 3 is 1.06 bits per heavy atom. The zero-order valence-corrected chi connectivity index (χ0v) is 34.6. The lowest BCUT2D eigenvalue weighted by Gasteiger charge is -2.35. The van der Waals surface area contributed by atoms with Gasteiger partial charge in [0.1, 0.15) is 0 Å². The van der Waals surface area contributed by atoms with Crippen LogP contribution in [0, 0.1) is 0 Å². The van der Waals surface area contributed by atoms with E-state index in [4.69, 9.17) is 0 Å². The summed E-state index contributed by atoms with van der Waals surface area (Å²) >= 11 is 0. The molecule has 0 aliphatic heterocycles. The molecule has 0 amide bonds. The van der Waals surface area contributed by atoms with E-state index in [1.807, 2.05) is 0 Å². The smallest absolute Gasteiger partial charge is 0.0726 e. The van der Waals surface area contributed by atoms with Crippen LogP contribution in [-0.2, 0) is 10.8 Å². The van der Waals surface area contributed by atoms with Gasteiger partial charge in [0.05, 0.1) is 27.9 Å². The minimum atomic E-state index is -0.540. The Bertz CT molecular complexity index is 3220. The molecule has 10 aromatic carbocycles. The van der Waals surface area contributed by atoms with Crippen LogP contribution in [0.1, 0.15) is 44.5 Å². The van der Waals surface area contributed by atoms with Crippen molar-refractivity contribution in [3.05, 3.63) is 293 Å². The Kier molecular flexibility index (Phi) is 7.80. The Balaban J connectivity index is 1.17. The first-order valence-electron chi connectivity index (χ1n) is 22.0. The van der Waals surface area contributed by atoms with E-state index in [2.05, 4.69) is 254 Å². The number of hydrogen-bond donors (Lipinski definition) is 0.